The third kappa shape index (κ3) is 6.40. The van der Waals surface area contributed by atoms with Gasteiger partial charge in [-0.3, -0.25) is 14.1 Å². The van der Waals surface area contributed by atoms with Crippen LogP contribution in [0.3, 0.4) is 0 Å². The summed E-state index contributed by atoms with van der Waals surface area (Å²) in [5.74, 6) is 0.260. The molecule has 0 radical (unpaired) electrons. The van der Waals surface area contributed by atoms with Gasteiger partial charge in [0, 0.05) is 24.8 Å². The molecule has 3 aromatic rings. The number of rotatable bonds is 12. The number of aliphatic imine (C=N–C) groups is 1. The SMILES string of the molecule is CCOc1cc2c(cc1OCC)C(C(=Nc1ccc(N(CCNC)S(C)(=O)=O)cc1)c1ccccc1)C(=O)N2. The summed E-state index contributed by atoms with van der Waals surface area (Å²) in [6.07, 6.45) is 1.19. The van der Waals surface area contributed by atoms with Crippen molar-refractivity contribution in [2.45, 2.75) is 19.8 Å². The summed E-state index contributed by atoms with van der Waals surface area (Å²) in [6.45, 7) is 5.53. The zero-order valence-electron chi connectivity index (χ0n) is 22.6. The smallest absolute Gasteiger partial charge is 0.238 e. The molecule has 1 atom stereocenters. The van der Waals surface area contributed by atoms with Gasteiger partial charge in [0.1, 0.15) is 5.92 Å². The molecule has 0 bridgehead atoms. The van der Waals surface area contributed by atoms with Gasteiger partial charge in [-0.2, -0.15) is 0 Å². The number of amides is 1. The standard InChI is InChI=1S/C29H34N4O5S/c1-5-37-25-18-23-24(19-26(25)38-6-2)32-29(34)27(23)28(20-10-8-7-9-11-20)31-21-12-14-22(15-13-21)33(17-16-30-3)39(4,35)36/h7-15,18-19,27,30H,5-6,16-17H2,1-4H3,(H,32,34). The number of ether oxygens (including phenoxy) is 2. The molecule has 0 aromatic heterocycles. The Morgan fingerprint density at radius 1 is 1.00 bits per heavy atom. The molecular formula is C29H34N4O5S. The van der Waals surface area contributed by atoms with Gasteiger partial charge in [0.15, 0.2) is 11.5 Å². The Kier molecular flexibility index (Phi) is 8.88. The Bertz CT molecular complexity index is 1440. The Morgan fingerprint density at radius 2 is 1.64 bits per heavy atom. The summed E-state index contributed by atoms with van der Waals surface area (Å²) in [5, 5.41) is 5.96. The molecule has 1 aliphatic rings. The van der Waals surface area contributed by atoms with Crippen molar-refractivity contribution in [3.05, 3.63) is 77.9 Å². The first-order valence-electron chi connectivity index (χ1n) is 12.9. The molecule has 9 nitrogen and oxygen atoms in total. The van der Waals surface area contributed by atoms with Crippen molar-refractivity contribution in [1.82, 2.24) is 5.32 Å². The average Bonchev–Trinajstić information content (AvgIpc) is 3.22. The van der Waals surface area contributed by atoms with Gasteiger partial charge in [0.2, 0.25) is 15.9 Å². The van der Waals surface area contributed by atoms with Crippen molar-refractivity contribution in [2.24, 2.45) is 4.99 Å². The molecule has 0 fully saturated rings. The zero-order valence-corrected chi connectivity index (χ0v) is 23.4. The lowest BCUT2D eigenvalue weighted by molar-refractivity contribution is -0.115. The number of nitrogens with zero attached hydrogens (tertiary/aromatic N) is 2. The van der Waals surface area contributed by atoms with Crippen molar-refractivity contribution in [1.29, 1.82) is 0 Å². The maximum Gasteiger partial charge on any atom is 0.238 e. The lowest BCUT2D eigenvalue weighted by Gasteiger charge is -2.22. The van der Waals surface area contributed by atoms with E-state index in [1.165, 1.54) is 10.6 Å². The first-order chi connectivity index (χ1) is 18.8. The van der Waals surface area contributed by atoms with Gasteiger partial charge in [0.05, 0.1) is 36.6 Å². The van der Waals surface area contributed by atoms with Crippen LogP contribution in [-0.4, -0.2) is 59.6 Å². The lowest BCUT2D eigenvalue weighted by atomic mass is 9.90. The van der Waals surface area contributed by atoms with Crippen molar-refractivity contribution >= 4 is 38.7 Å². The van der Waals surface area contributed by atoms with Crippen LogP contribution < -0.4 is 24.4 Å². The fraction of sp³-hybridized carbons (Fsp3) is 0.310. The fourth-order valence-corrected chi connectivity index (χ4v) is 5.44. The predicted molar refractivity (Wildman–Crippen MR) is 155 cm³/mol. The third-order valence-corrected chi connectivity index (χ3v) is 7.44. The zero-order chi connectivity index (χ0) is 28.0. The first-order valence-corrected chi connectivity index (χ1v) is 14.7. The van der Waals surface area contributed by atoms with E-state index in [0.29, 0.717) is 60.6 Å². The second kappa shape index (κ2) is 12.3. The topological polar surface area (TPSA) is 109 Å². The number of hydrogen-bond donors (Lipinski definition) is 2. The highest BCUT2D eigenvalue weighted by atomic mass is 32.2. The molecule has 10 heteroatoms. The second-order valence-corrected chi connectivity index (χ2v) is 10.9. The molecule has 0 saturated carbocycles. The fourth-order valence-electron chi connectivity index (χ4n) is 4.51. The predicted octanol–water partition coefficient (Wildman–Crippen LogP) is 4.33. The highest BCUT2D eigenvalue weighted by Gasteiger charge is 2.37. The molecule has 0 aliphatic carbocycles. The molecule has 0 saturated heterocycles. The summed E-state index contributed by atoms with van der Waals surface area (Å²) in [7, 11) is -1.68. The Morgan fingerprint density at radius 3 is 2.23 bits per heavy atom. The molecule has 206 valence electrons. The molecule has 0 spiro atoms. The van der Waals surface area contributed by atoms with Crippen molar-refractivity contribution in [3.8, 4) is 11.5 Å². The number of nitrogens with one attached hydrogen (secondary N) is 2. The summed E-state index contributed by atoms with van der Waals surface area (Å²) >= 11 is 0. The van der Waals surface area contributed by atoms with Crippen LogP contribution in [-0.2, 0) is 14.8 Å². The van der Waals surface area contributed by atoms with Gasteiger partial charge < -0.3 is 20.1 Å². The Balaban J connectivity index is 1.78. The van der Waals surface area contributed by atoms with E-state index in [-0.39, 0.29) is 5.91 Å². The second-order valence-electron chi connectivity index (χ2n) is 8.99. The molecule has 1 amide bonds. The van der Waals surface area contributed by atoms with Crippen LogP contribution in [0, 0.1) is 0 Å². The molecule has 1 aliphatic heterocycles. The van der Waals surface area contributed by atoms with Crippen LogP contribution in [0.2, 0.25) is 0 Å². The number of hydrogen-bond acceptors (Lipinski definition) is 7. The molecule has 39 heavy (non-hydrogen) atoms. The maximum absolute atomic E-state index is 13.4. The highest BCUT2D eigenvalue weighted by molar-refractivity contribution is 7.92. The van der Waals surface area contributed by atoms with Crippen molar-refractivity contribution in [2.75, 3.05) is 49.2 Å². The number of carbonyl (C=O) groups is 1. The van der Waals surface area contributed by atoms with E-state index in [1.807, 2.05) is 50.2 Å². The minimum absolute atomic E-state index is 0.198. The molecule has 1 heterocycles. The average molecular weight is 551 g/mol. The Labute approximate surface area is 229 Å². The van der Waals surface area contributed by atoms with E-state index in [9.17, 15) is 13.2 Å². The van der Waals surface area contributed by atoms with Crippen LogP contribution in [0.25, 0.3) is 0 Å². The van der Waals surface area contributed by atoms with Gasteiger partial charge in [-0.05, 0) is 62.4 Å². The molecule has 3 aromatic carbocycles. The van der Waals surface area contributed by atoms with Crippen LogP contribution in [0.1, 0.15) is 30.9 Å². The van der Waals surface area contributed by atoms with E-state index in [0.717, 1.165) is 11.1 Å². The Hall–Kier alpha value is -3.89. The monoisotopic (exact) mass is 550 g/mol. The van der Waals surface area contributed by atoms with Gasteiger partial charge in [-0.15, -0.1) is 0 Å². The minimum Gasteiger partial charge on any atom is -0.490 e. The first kappa shape index (κ1) is 28.1. The van der Waals surface area contributed by atoms with E-state index in [1.54, 1.807) is 37.4 Å². The van der Waals surface area contributed by atoms with Crippen molar-refractivity contribution < 1.29 is 22.7 Å². The lowest BCUT2D eigenvalue weighted by Crippen LogP contribution is -2.35. The minimum atomic E-state index is -3.46. The van der Waals surface area contributed by atoms with Crippen LogP contribution in [0.15, 0.2) is 71.7 Å². The van der Waals surface area contributed by atoms with E-state index >= 15 is 0 Å². The summed E-state index contributed by atoms with van der Waals surface area (Å²) in [6, 6.07) is 20.1. The van der Waals surface area contributed by atoms with Crippen molar-refractivity contribution in [3.63, 3.8) is 0 Å². The highest BCUT2D eigenvalue weighted by Crippen LogP contribution is 2.43. The van der Waals surface area contributed by atoms with E-state index < -0.39 is 15.9 Å². The molecule has 4 rings (SSSR count). The van der Waals surface area contributed by atoms with Crippen LogP contribution in [0.5, 0.6) is 11.5 Å². The van der Waals surface area contributed by atoms with E-state index in [2.05, 4.69) is 10.6 Å². The largest absolute Gasteiger partial charge is 0.490 e. The summed E-state index contributed by atoms with van der Waals surface area (Å²) in [5.41, 5.74) is 3.92. The van der Waals surface area contributed by atoms with Gasteiger partial charge in [-0.25, -0.2) is 8.42 Å². The molecule has 1 unspecified atom stereocenters. The van der Waals surface area contributed by atoms with Crippen LogP contribution in [0.4, 0.5) is 17.1 Å². The summed E-state index contributed by atoms with van der Waals surface area (Å²) < 4.78 is 37.6. The number of likely N-dealkylation sites (N-methyl/N-ethyl adjacent to an activating group) is 1. The molecule has 2 N–H and O–H groups in total. The number of anilines is 2. The number of carbonyl (C=O) groups excluding carboxylic acids is 1. The molecular weight excluding hydrogens is 516 g/mol. The normalized spacial score (nSPS) is 15.0. The third-order valence-electron chi connectivity index (χ3n) is 6.24. The van der Waals surface area contributed by atoms with Gasteiger partial charge >= 0.3 is 0 Å². The number of benzene rings is 3. The number of sulfonamides is 1. The quantitative estimate of drug-likeness (QED) is 0.325. The van der Waals surface area contributed by atoms with Crippen LogP contribution >= 0.6 is 0 Å². The number of fused-ring (bicyclic) bond motifs is 1. The van der Waals surface area contributed by atoms with E-state index in [4.69, 9.17) is 14.5 Å². The van der Waals surface area contributed by atoms with Gasteiger partial charge in [-0.1, -0.05) is 30.3 Å². The maximum atomic E-state index is 13.4. The van der Waals surface area contributed by atoms with Gasteiger partial charge in [0.25, 0.3) is 0 Å². The summed E-state index contributed by atoms with van der Waals surface area (Å²) in [4.78, 5) is 18.3.